The van der Waals surface area contributed by atoms with Gasteiger partial charge in [0.1, 0.15) is 5.69 Å². The molecule has 17 heavy (non-hydrogen) atoms. The second kappa shape index (κ2) is 5.34. The molecule has 1 heterocycles. The van der Waals surface area contributed by atoms with Crippen molar-refractivity contribution in [2.24, 2.45) is 18.4 Å². The standard InChI is InChI=1S/C13H24N2OS/c1-9-12(10(2)15(6)14-9)16-7-11(8-17)13(3,4)5/h11,17H,7-8H2,1-6H3. The topological polar surface area (TPSA) is 27.1 Å². The Morgan fingerprint density at radius 2 is 1.94 bits per heavy atom. The molecular weight excluding hydrogens is 232 g/mol. The molecule has 3 nitrogen and oxygen atoms in total. The molecule has 0 bridgehead atoms. The van der Waals surface area contributed by atoms with Crippen LogP contribution in [-0.4, -0.2) is 22.1 Å². The lowest BCUT2D eigenvalue weighted by atomic mass is 9.82. The minimum atomic E-state index is 0.214. The molecule has 0 aliphatic heterocycles. The molecule has 0 spiro atoms. The second-order valence-corrected chi connectivity index (χ2v) is 6.05. The first kappa shape index (κ1) is 14.4. The minimum Gasteiger partial charge on any atom is -0.489 e. The van der Waals surface area contributed by atoms with E-state index in [2.05, 4.69) is 38.5 Å². The zero-order valence-electron chi connectivity index (χ0n) is 11.7. The highest BCUT2D eigenvalue weighted by Gasteiger charge is 2.24. The van der Waals surface area contributed by atoms with Gasteiger partial charge in [-0.1, -0.05) is 20.8 Å². The summed E-state index contributed by atoms with van der Waals surface area (Å²) in [4.78, 5) is 0. The smallest absolute Gasteiger partial charge is 0.162 e. The lowest BCUT2D eigenvalue weighted by Gasteiger charge is -2.29. The van der Waals surface area contributed by atoms with Crippen LogP contribution in [0.15, 0.2) is 0 Å². The van der Waals surface area contributed by atoms with E-state index in [1.165, 1.54) is 0 Å². The van der Waals surface area contributed by atoms with Crippen molar-refractivity contribution in [3.63, 3.8) is 0 Å². The fraction of sp³-hybridized carbons (Fsp3) is 0.769. The summed E-state index contributed by atoms with van der Waals surface area (Å²) >= 11 is 4.41. The van der Waals surface area contributed by atoms with Gasteiger partial charge in [-0.3, -0.25) is 4.68 Å². The van der Waals surface area contributed by atoms with Crippen LogP contribution >= 0.6 is 12.6 Å². The Morgan fingerprint density at radius 3 is 2.29 bits per heavy atom. The van der Waals surface area contributed by atoms with Crippen LogP contribution in [0.2, 0.25) is 0 Å². The average molecular weight is 256 g/mol. The van der Waals surface area contributed by atoms with Crippen molar-refractivity contribution >= 4 is 12.6 Å². The maximum absolute atomic E-state index is 5.94. The van der Waals surface area contributed by atoms with E-state index in [4.69, 9.17) is 4.74 Å². The number of aromatic nitrogens is 2. The van der Waals surface area contributed by atoms with Gasteiger partial charge in [-0.15, -0.1) is 0 Å². The van der Waals surface area contributed by atoms with Crippen molar-refractivity contribution < 1.29 is 4.74 Å². The zero-order chi connectivity index (χ0) is 13.2. The van der Waals surface area contributed by atoms with Crippen LogP contribution in [0.3, 0.4) is 0 Å². The fourth-order valence-corrected chi connectivity index (χ4v) is 2.38. The Hall–Kier alpha value is -0.640. The number of thiol groups is 1. The second-order valence-electron chi connectivity index (χ2n) is 5.68. The van der Waals surface area contributed by atoms with Crippen LogP contribution in [0.1, 0.15) is 32.2 Å². The summed E-state index contributed by atoms with van der Waals surface area (Å²) in [6, 6.07) is 0. The van der Waals surface area contributed by atoms with Crippen LogP contribution in [0.25, 0.3) is 0 Å². The Bertz CT molecular complexity index is 380. The average Bonchev–Trinajstić information content (AvgIpc) is 2.43. The Labute approximate surface area is 110 Å². The van der Waals surface area contributed by atoms with Crippen molar-refractivity contribution in [3.8, 4) is 5.75 Å². The SMILES string of the molecule is Cc1nn(C)c(C)c1OCC(CS)C(C)(C)C. The lowest BCUT2D eigenvalue weighted by Crippen LogP contribution is -2.28. The molecule has 0 N–H and O–H groups in total. The molecule has 0 aliphatic carbocycles. The molecule has 1 atom stereocenters. The minimum absolute atomic E-state index is 0.214. The van der Waals surface area contributed by atoms with Crippen LogP contribution in [-0.2, 0) is 7.05 Å². The highest BCUT2D eigenvalue weighted by atomic mass is 32.1. The van der Waals surface area contributed by atoms with Gasteiger partial charge < -0.3 is 4.74 Å². The number of hydrogen-bond acceptors (Lipinski definition) is 3. The molecule has 98 valence electrons. The number of aryl methyl sites for hydroxylation is 2. The molecule has 4 heteroatoms. The van der Waals surface area contributed by atoms with E-state index in [1.54, 1.807) is 0 Å². The van der Waals surface area contributed by atoms with Crippen molar-refractivity contribution in [1.29, 1.82) is 0 Å². The normalized spacial score (nSPS) is 13.8. The maximum atomic E-state index is 5.94. The molecule has 0 radical (unpaired) electrons. The summed E-state index contributed by atoms with van der Waals surface area (Å²) in [7, 11) is 1.94. The van der Waals surface area contributed by atoms with Crippen molar-refractivity contribution in [1.82, 2.24) is 9.78 Å². The molecule has 1 aromatic rings. The van der Waals surface area contributed by atoms with E-state index >= 15 is 0 Å². The largest absolute Gasteiger partial charge is 0.489 e. The van der Waals surface area contributed by atoms with E-state index in [9.17, 15) is 0 Å². The van der Waals surface area contributed by atoms with Gasteiger partial charge in [0.2, 0.25) is 0 Å². The Kier molecular flexibility index (Phi) is 4.53. The summed E-state index contributed by atoms with van der Waals surface area (Å²) < 4.78 is 7.79. The summed E-state index contributed by atoms with van der Waals surface area (Å²) in [6.07, 6.45) is 0. The van der Waals surface area contributed by atoms with Crippen LogP contribution in [0.5, 0.6) is 5.75 Å². The first-order chi connectivity index (χ1) is 7.77. The molecule has 0 saturated heterocycles. The Morgan fingerprint density at radius 1 is 1.35 bits per heavy atom. The van der Waals surface area contributed by atoms with Crippen molar-refractivity contribution in [2.45, 2.75) is 34.6 Å². The van der Waals surface area contributed by atoms with Gasteiger partial charge in [-0.25, -0.2) is 0 Å². The third kappa shape index (κ3) is 3.41. The summed E-state index contributed by atoms with van der Waals surface area (Å²) in [5, 5.41) is 4.35. The van der Waals surface area contributed by atoms with Crippen LogP contribution in [0, 0.1) is 25.2 Å². The van der Waals surface area contributed by atoms with E-state index in [0.29, 0.717) is 12.5 Å². The summed E-state index contributed by atoms with van der Waals surface area (Å²) in [5.41, 5.74) is 2.25. The summed E-state index contributed by atoms with van der Waals surface area (Å²) in [6.45, 7) is 11.4. The van der Waals surface area contributed by atoms with Crippen molar-refractivity contribution in [3.05, 3.63) is 11.4 Å². The van der Waals surface area contributed by atoms with Crippen LogP contribution in [0.4, 0.5) is 0 Å². The lowest BCUT2D eigenvalue weighted by molar-refractivity contribution is 0.164. The molecule has 1 rings (SSSR count). The predicted octanol–water partition coefficient (Wildman–Crippen LogP) is 3.01. The maximum Gasteiger partial charge on any atom is 0.162 e. The van der Waals surface area contributed by atoms with Gasteiger partial charge in [0, 0.05) is 13.0 Å². The van der Waals surface area contributed by atoms with Gasteiger partial charge in [-0.05, 0) is 25.0 Å². The first-order valence-corrected chi connectivity index (χ1v) is 6.64. The van der Waals surface area contributed by atoms with E-state index in [1.807, 2.05) is 25.6 Å². The number of hydrogen-bond donors (Lipinski definition) is 1. The molecule has 0 amide bonds. The van der Waals surface area contributed by atoms with Gasteiger partial charge in [-0.2, -0.15) is 17.7 Å². The molecular formula is C13H24N2OS. The molecule has 0 saturated carbocycles. The third-order valence-corrected chi connectivity index (χ3v) is 3.76. The van der Waals surface area contributed by atoms with E-state index in [0.717, 1.165) is 22.9 Å². The first-order valence-electron chi connectivity index (χ1n) is 6.01. The van der Waals surface area contributed by atoms with E-state index < -0.39 is 0 Å². The molecule has 0 aromatic carbocycles. The quantitative estimate of drug-likeness (QED) is 0.838. The van der Waals surface area contributed by atoms with E-state index in [-0.39, 0.29) is 5.41 Å². The molecule has 0 fully saturated rings. The van der Waals surface area contributed by atoms with Gasteiger partial charge in [0.05, 0.1) is 12.3 Å². The summed E-state index contributed by atoms with van der Waals surface area (Å²) in [5.74, 6) is 2.19. The monoisotopic (exact) mass is 256 g/mol. The van der Waals surface area contributed by atoms with Crippen LogP contribution < -0.4 is 4.74 Å². The van der Waals surface area contributed by atoms with Gasteiger partial charge in [0.15, 0.2) is 5.75 Å². The van der Waals surface area contributed by atoms with Crippen molar-refractivity contribution in [2.75, 3.05) is 12.4 Å². The molecule has 0 aliphatic rings. The van der Waals surface area contributed by atoms with Gasteiger partial charge >= 0.3 is 0 Å². The number of nitrogens with zero attached hydrogens (tertiary/aromatic N) is 2. The highest BCUT2D eigenvalue weighted by Crippen LogP contribution is 2.29. The van der Waals surface area contributed by atoms with Gasteiger partial charge in [0.25, 0.3) is 0 Å². The zero-order valence-corrected chi connectivity index (χ0v) is 12.6. The third-order valence-electron chi connectivity index (χ3n) is 3.32. The Balaban J connectivity index is 2.73. The molecule has 1 unspecified atom stereocenters. The molecule has 1 aromatic heterocycles. The number of rotatable bonds is 4. The number of ether oxygens (including phenoxy) is 1. The fourth-order valence-electron chi connectivity index (χ4n) is 1.72. The predicted molar refractivity (Wildman–Crippen MR) is 75.0 cm³/mol. The highest BCUT2D eigenvalue weighted by molar-refractivity contribution is 7.80.